The Kier molecular flexibility index (Phi) is 52.2. The molecule has 0 rings (SSSR count). The van der Waals surface area contributed by atoms with Crippen LogP contribution in [0, 0.1) is 0 Å². The Morgan fingerprint density at radius 2 is 0.552 bits per heavy atom. The zero-order chi connectivity index (χ0) is 42.8. The van der Waals surface area contributed by atoms with Gasteiger partial charge in [-0.1, -0.05) is 252 Å². The van der Waals surface area contributed by atoms with Gasteiger partial charge in [-0.15, -0.1) is 0 Å². The normalized spacial score (nSPS) is 11.6. The van der Waals surface area contributed by atoms with Crippen LogP contribution >= 0.6 is 0 Å². The van der Waals surface area contributed by atoms with Gasteiger partial charge < -0.3 is 19.7 Å². The van der Waals surface area contributed by atoms with Crippen LogP contribution in [-0.2, 0) is 23.9 Å². The molecule has 0 spiro atoms. The first-order chi connectivity index (χ1) is 28.4. The predicted octanol–water partition coefficient (Wildman–Crippen LogP) is 15.4. The van der Waals surface area contributed by atoms with Gasteiger partial charge in [-0.3, -0.25) is 14.4 Å². The molecule has 0 aliphatic rings. The number of ether oxygens (including phenoxy) is 2. The number of unbranched alkanes of at least 4 members (excludes halogenated alkanes) is 36. The maximum atomic E-state index is 11.8. The molecule has 0 aliphatic carbocycles. The maximum Gasteiger partial charge on any atom is 0.313 e. The molecule has 58 heavy (non-hydrogen) atoms. The highest BCUT2D eigenvalue weighted by molar-refractivity contribution is 5.85. The van der Waals surface area contributed by atoms with Gasteiger partial charge >= 0.3 is 17.9 Å². The predicted molar refractivity (Wildman–Crippen MR) is 246 cm³/mol. The lowest BCUT2D eigenvalue weighted by Gasteiger charge is -2.08. The molecule has 0 heterocycles. The Hall–Kier alpha value is -1.47. The lowest BCUT2D eigenvalue weighted by molar-refractivity contribution is -0.159. The van der Waals surface area contributed by atoms with Gasteiger partial charge in [-0.25, -0.2) is 0 Å². The van der Waals surface area contributed by atoms with Crippen molar-refractivity contribution in [3.63, 3.8) is 0 Å². The highest BCUT2D eigenvalue weighted by Gasteiger charge is 2.10. The summed E-state index contributed by atoms with van der Waals surface area (Å²) < 4.78 is 9.84. The van der Waals surface area contributed by atoms with Crippen molar-refractivity contribution in [1.82, 2.24) is 0 Å². The van der Waals surface area contributed by atoms with Crippen molar-refractivity contribution in [2.75, 3.05) is 13.2 Å². The van der Waals surface area contributed by atoms with E-state index in [2.05, 4.69) is 20.8 Å². The molecule has 0 fully saturated rings. The van der Waals surface area contributed by atoms with Crippen molar-refractivity contribution in [2.45, 2.75) is 297 Å². The van der Waals surface area contributed by atoms with Gasteiger partial charge in [-0.2, -0.15) is 0 Å². The van der Waals surface area contributed by atoms with Crippen LogP contribution in [0.4, 0.5) is 0 Å². The van der Waals surface area contributed by atoms with E-state index in [1.165, 1.54) is 212 Å². The van der Waals surface area contributed by atoms with Crippen molar-refractivity contribution >= 4 is 17.9 Å². The number of hydrogen-bond acceptors (Lipinski definition) is 7. The molecule has 0 aromatic heterocycles. The molecule has 0 aromatic carbocycles. The van der Waals surface area contributed by atoms with Crippen molar-refractivity contribution in [3.8, 4) is 0 Å². The second-order valence-electron chi connectivity index (χ2n) is 17.3. The number of esters is 3. The summed E-state index contributed by atoms with van der Waals surface area (Å²) >= 11 is 0. The van der Waals surface area contributed by atoms with Crippen LogP contribution in [0.1, 0.15) is 290 Å². The Bertz CT molecular complexity index is 832. The summed E-state index contributed by atoms with van der Waals surface area (Å²) in [6.07, 6.45) is 50.4. The average Bonchev–Trinajstić information content (AvgIpc) is 3.22. The lowest BCUT2D eigenvalue weighted by Crippen LogP contribution is -2.21. The number of rotatable bonds is 45. The first kappa shape index (κ1) is 58.6. The monoisotopic (exact) mass is 825 g/mol. The molecule has 0 radical (unpaired) electrons. The SMILES string of the molecule is CCCCCCCCCCCCCCCC(=O)OC(=O)CCCCCCCCCCCCC.CCCCCCCCCCCCCCCCCC(=O)OCC(O)CO. The van der Waals surface area contributed by atoms with Crippen LogP contribution in [0.25, 0.3) is 0 Å². The lowest BCUT2D eigenvalue weighted by atomic mass is 10.0. The van der Waals surface area contributed by atoms with Crippen LogP contribution in [0.3, 0.4) is 0 Å². The molecule has 2 N–H and O–H groups in total. The van der Waals surface area contributed by atoms with Crippen LogP contribution in [-0.4, -0.2) is 47.4 Å². The number of carbonyl (C=O) groups is 3. The van der Waals surface area contributed by atoms with Gasteiger partial charge in [0.2, 0.25) is 0 Å². The van der Waals surface area contributed by atoms with E-state index in [0.717, 1.165) is 38.5 Å². The quantitative estimate of drug-likeness (QED) is 0.0357. The molecule has 0 saturated carbocycles. The van der Waals surface area contributed by atoms with E-state index >= 15 is 0 Å². The summed E-state index contributed by atoms with van der Waals surface area (Å²) in [6.45, 7) is 6.32. The van der Waals surface area contributed by atoms with Gasteiger partial charge in [0.15, 0.2) is 0 Å². The average molecular weight is 825 g/mol. The third-order valence-electron chi connectivity index (χ3n) is 11.3. The molecular weight excluding hydrogens is 725 g/mol. The minimum atomic E-state index is -0.954. The largest absolute Gasteiger partial charge is 0.463 e. The van der Waals surface area contributed by atoms with Gasteiger partial charge in [-0.05, 0) is 19.3 Å². The van der Waals surface area contributed by atoms with Gasteiger partial charge in [0.1, 0.15) is 12.7 Å². The second kappa shape index (κ2) is 51.7. The Morgan fingerprint density at radius 3 is 0.776 bits per heavy atom. The minimum absolute atomic E-state index is 0.103. The molecule has 0 amide bonds. The van der Waals surface area contributed by atoms with Crippen LogP contribution in [0.2, 0.25) is 0 Å². The third kappa shape index (κ3) is 52.5. The zero-order valence-electron chi connectivity index (χ0n) is 39.1. The molecule has 1 atom stereocenters. The highest BCUT2D eigenvalue weighted by atomic mass is 16.6. The molecule has 1 unspecified atom stereocenters. The van der Waals surface area contributed by atoms with Crippen LogP contribution in [0.5, 0.6) is 0 Å². The first-order valence-electron chi connectivity index (χ1n) is 25.6. The molecule has 0 saturated heterocycles. The van der Waals surface area contributed by atoms with Crippen LogP contribution in [0.15, 0.2) is 0 Å². The van der Waals surface area contributed by atoms with E-state index in [1.54, 1.807) is 0 Å². The Morgan fingerprint density at radius 1 is 0.345 bits per heavy atom. The molecule has 0 bridgehead atoms. The van der Waals surface area contributed by atoms with Crippen molar-refractivity contribution in [1.29, 1.82) is 0 Å². The Labute approximate surface area is 360 Å². The van der Waals surface area contributed by atoms with E-state index in [4.69, 9.17) is 19.7 Å². The first-order valence-corrected chi connectivity index (χ1v) is 25.6. The smallest absolute Gasteiger partial charge is 0.313 e. The molecule has 346 valence electrons. The fraction of sp³-hybridized carbons (Fsp3) is 0.941. The summed E-state index contributed by atoms with van der Waals surface area (Å²) in [5.74, 6) is -0.932. The van der Waals surface area contributed by atoms with E-state index in [-0.39, 0.29) is 31.1 Å². The van der Waals surface area contributed by atoms with E-state index in [0.29, 0.717) is 19.3 Å². The minimum Gasteiger partial charge on any atom is -0.463 e. The van der Waals surface area contributed by atoms with E-state index in [1.807, 2.05) is 0 Å². The number of aliphatic hydroxyl groups is 2. The number of hydrogen-bond donors (Lipinski definition) is 2. The van der Waals surface area contributed by atoms with Crippen LogP contribution < -0.4 is 0 Å². The number of carbonyl (C=O) groups excluding carboxylic acids is 3. The summed E-state index contributed by atoms with van der Waals surface area (Å²) in [6, 6.07) is 0. The maximum absolute atomic E-state index is 11.8. The fourth-order valence-electron chi connectivity index (χ4n) is 7.40. The van der Waals surface area contributed by atoms with Crippen molar-refractivity contribution in [2.24, 2.45) is 0 Å². The topological polar surface area (TPSA) is 110 Å². The number of aliphatic hydroxyl groups excluding tert-OH is 2. The van der Waals surface area contributed by atoms with Gasteiger partial charge in [0.05, 0.1) is 6.61 Å². The van der Waals surface area contributed by atoms with Gasteiger partial charge in [0.25, 0.3) is 0 Å². The standard InChI is InChI=1S/C30H58O3.C21H42O4/c1-3-5-7-9-11-13-15-16-18-20-22-24-26-28-30(32)33-29(31)27-25-23-21-19-17-14-12-10-8-6-4-2;1-2-3-4-5-6-7-8-9-10-11-12-13-14-15-16-17-21(24)25-19-20(23)18-22/h3-28H2,1-2H3;20,22-23H,2-19H2,1H3. The summed E-state index contributed by atoms with van der Waals surface area (Å²) in [4.78, 5) is 35.0. The van der Waals surface area contributed by atoms with E-state index < -0.39 is 6.10 Å². The summed E-state index contributed by atoms with van der Waals surface area (Å²) in [7, 11) is 0. The third-order valence-corrected chi connectivity index (χ3v) is 11.3. The summed E-state index contributed by atoms with van der Waals surface area (Å²) in [5, 5.41) is 17.7. The Balaban J connectivity index is 0. The zero-order valence-corrected chi connectivity index (χ0v) is 39.1. The van der Waals surface area contributed by atoms with Gasteiger partial charge in [0, 0.05) is 19.3 Å². The van der Waals surface area contributed by atoms with E-state index in [9.17, 15) is 14.4 Å². The fourth-order valence-corrected chi connectivity index (χ4v) is 7.40. The molecule has 0 aliphatic heterocycles. The molecule has 7 heteroatoms. The van der Waals surface area contributed by atoms with Crippen molar-refractivity contribution < 1.29 is 34.1 Å². The highest BCUT2D eigenvalue weighted by Crippen LogP contribution is 2.16. The second-order valence-corrected chi connectivity index (χ2v) is 17.3. The molecule has 0 aromatic rings. The molecule has 7 nitrogen and oxygen atoms in total. The van der Waals surface area contributed by atoms with Crippen molar-refractivity contribution in [3.05, 3.63) is 0 Å². The molecular formula is C51H100O7. The summed E-state index contributed by atoms with van der Waals surface area (Å²) in [5.41, 5.74) is 0.